The Morgan fingerprint density at radius 2 is 1.74 bits per heavy atom. The number of carbonyl (C=O) groups is 2. The van der Waals surface area contributed by atoms with Crippen molar-refractivity contribution in [2.24, 2.45) is 0 Å². The van der Waals surface area contributed by atoms with Crippen molar-refractivity contribution in [1.82, 2.24) is 0 Å². The highest BCUT2D eigenvalue weighted by Crippen LogP contribution is 2.48. The number of anilines is 1. The third-order valence-electron chi connectivity index (χ3n) is 6.96. The van der Waals surface area contributed by atoms with Crippen molar-refractivity contribution in [2.75, 3.05) is 11.5 Å². The number of alkyl halides is 3. The molecule has 0 bridgehead atoms. The third kappa shape index (κ3) is 4.64. The van der Waals surface area contributed by atoms with Crippen LogP contribution in [0.15, 0.2) is 48.5 Å². The van der Waals surface area contributed by atoms with Crippen LogP contribution in [0, 0.1) is 13.8 Å². The van der Waals surface area contributed by atoms with Gasteiger partial charge in [-0.3, -0.25) is 14.5 Å². The molecule has 1 N–H and O–H groups in total. The molecule has 0 aromatic heterocycles. The smallest absolute Gasteiger partial charge is 0.471 e. The lowest BCUT2D eigenvalue weighted by molar-refractivity contribution is -0.171. The van der Waals surface area contributed by atoms with Crippen LogP contribution < -0.4 is 14.4 Å². The quantitative estimate of drug-likeness (QED) is 0.403. The van der Waals surface area contributed by atoms with Crippen LogP contribution in [0.4, 0.5) is 18.9 Å². The highest BCUT2D eigenvalue weighted by Gasteiger charge is 2.48. The highest BCUT2D eigenvalue weighted by molar-refractivity contribution is 5.99. The largest absolute Gasteiger partial charge is 0.508 e. The summed E-state index contributed by atoms with van der Waals surface area (Å²) in [4.78, 5) is 25.1. The monoisotopic (exact) mass is 541 g/mol. The fourth-order valence-electron chi connectivity index (χ4n) is 5.44. The van der Waals surface area contributed by atoms with E-state index in [9.17, 15) is 27.9 Å². The summed E-state index contributed by atoms with van der Waals surface area (Å²) in [5, 5.41) is 9.96. The second kappa shape index (κ2) is 9.52. The van der Waals surface area contributed by atoms with E-state index in [-0.39, 0.29) is 23.8 Å². The van der Waals surface area contributed by atoms with Crippen LogP contribution in [0.2, 0.25) is 0 Å². The Balaban J connectivity index is 1.60. The summed E-state index contributed by atoms with van der Waals surface area (Å²) in [6, 6.07) is 11.5. The summed E-state index contributed by atoms with van der Waals surface area (Å²) >= 11 is 0. The van der Waals surface area contributed by atoms with E-state index in [0.717, 1.165) is 16.7 Å². The average Bonchev–Trinajstić information content (AvgIpc) is 3.39. The van der Waals surface area contributed by atoms with E-state index in [1.54, 1.807) is 37.3 Å². The molecular weight excluding hydrogens is 515 g/mol. The molecule has 1 amide bonds. The van der Waals surface area contributed by atoms with Gasteiger partial charge in [-0.2, -0.15) is 13.2 Å². The van der Waals surface area contributed by atoms with Gasteiger partial charge >= 0.3 is 18.1 Å². The number of esters is 1. The molecule has 3 aromatic carbocycles. The number of benzene rings is 3. The molecule has 2 heterocycles. The predicted octanol–water partition coefficient (Wildman–Crippen LogP) is 6.09. The van der Waals surface area contributed by atoms with Crippen molar-refractivity contribution in [3.63, 3.8) is 0 Å². The number of phenols is 1. The summed E-state index contributed by atoms with van der Waals surface area (Å²) < 4.78 is 58.8. The molecule has 0 aliphatic carbocycles. The minimum atomic E-state index is -5.15. The van der Waals surface area contributed by atoms with Gasteiger partial charge in [-0.25, -0.2) is 0 Å². The molecule has 1 unspecified atom stereocenters. The van der Waals surface area contributed by atoms with Gasteiger partial charge in [0.1, 0.15) is 30.0 Å². The summed E-state index contributed by atoms with van der Waals surface area (Å²) in [6.07, 6.45) is -6.42. The second-order valence-electron chi connectivity index (χ2n) is 9.75. The molecule has 2 aliphatic rings. The molecule has 10 heteroatoms. The molecule has 0 saturated heterocycles. The standard InChI is InChI=1S/C29H26F3NO6/c1-14-10-19(35)11-15(2)25(14)22-7-5-6-20-23(13-37-27(20)22)33(28(36)29(30,31)32)18-8-9-21-24(12-18)38-16(3)26(21)39-17(4)34/h5-12,16,23,26,35H,13H2,1-4H3/t16?,23-,26-/m1/s1. The van der Waals surface area contributed by atoms with E-state index in [1.165, 1.54) is 25.1 Å². The lowest BCUT2D eigenvalue weighted by Crippen LogP contribution is -2.44. The summed E-state index contributed by atoms with van der Waals surface area (Å²) in [6.45, 7) is 6.39. The number of hydrogen-bond acceptors (Lipinski definition) is 6. The molecule has 0 fully saturated rings. The Kier molecular flexibility index (Phi) is 6.44. The average molecular weight is 542 g/mol. The number of rotatable bonds is 4. The van der Waals surface area contributed by atoms with Crippen LogP contribution in [0.3, 0.4) is 0 Å². The number of carbonyl (C=O) groups excluding carboxylic acids is 2. The highest BCUT2D eigenvalue weighted by atomic mass is 19.4. The molecule has 39 heavy (non-hydrogen) atoms. The fraction of sp³-hybridized carbons (Fsp3) is 0.310. The van der Waals surface area contributed by atoms with Crippen LogP contribution in [0.1, 0.15) is 48.2 Å². The summed E-state index contributed by atoms with van der Waals surface area (Å²) in [5.41, 5.74) is 3.87. The van der Waals surface area contributed by atoms with Crippen LogP contribution in [-0.2, 0) is 14.3 Å². The van der Waals surface area contributed by atoms with Crippen LogP contribution in [0.25, 0.3) is 11.1 Å². The molecule has 3 atom stereocenters. The van der Waals surface area contributed by atoms with Crippen LogP contribution in [-0.4, -0.2) is 35.9 Å². The van der Waals surface area contributed by atoms with E-state index in [2.05, 4.69) is 0 Å². The Labute approximate surface area is 222 Å². The number of hydrogen-bond donors (Lipinski definition) is 1. The van der Waals surface area contributed by atoms with Gasteiger partial charge in [0.25, 0.3) is 0 Å². The Morgan fingerprint density at radius 1 is 1.05 bits per heavy atom. The minimum absolute atomic E-state index is 0.0319. The van der Waals surface area contributed by atoms with Gasteiger partial charge < -0.3 is 19.3 Å². The first-order chi connectivity index (χ1) is 18.4. The van der Waals surface area contributed by atoms with Crippen molar-refractivity contribution < 1.29 is 42.1 Å². The number of aromatic hydroxyl groups is 1. The maximum atomic E-state index is 13.9. The van der Waals surface area contributed by atoms with Crippen molar-refractivity contribution >= 4 is 17.6 Å². The van der Waals surface area contributed by atoms with Gasteiger partial charge in [0.2, 0.25) is 0 Å². The van der Waals surface area contributed by atoms with Crippen molar-refractivity contribution in [2.45, 2.75) is 52.1 Å². The Bertz CT molecular complexity index is 1460. The number of nitrogens with zero attached hydrogens (tertiary/aromatic N) is 1. The van der Waals surface area contributed by atoms with Gasteiger partial charge in [0.15, 0.2) is 6.10 Å². The zero-order chi connectivity index (χ0) is 28.2. The summed E-state index contributed by atoms with van der Waals surface area (Å²) in [5.74, 6) is -1.86. The molecule has 3 aromatic rings. The van der Waals surface area contributed by atoms with Crippen molar-refractivity contribution in [1.29, 1.82) is 0 Å². The number of halogens is 3. The molecule has 2 aliphatic heterocycles. The predicted molar refractivity (Wildman–Crippen MR) is 136 cm³/mol. The first-order valence-corrected chi connectivity index (χ1v) is 12.3. The van der Waals surface area contributed by atoms with Crippen molar-refractivity contribution in [3.05, 3.63) is 70.8 Å². The van der Waals surface area contributed by atoms with E-state index < -0.39 is 36.3 Å². The van der Waals surface area contributed by atoms with E-state index in [0.29, 0.717) is 27.3 Å². The SMILES string of the molecule is CC(=O)O[C@H]1c2ccc(N(C(=O)C(F)(F)F)[C@@H]3COc4c(-c5c(C)cc(O)cc5C)cccc43)cc2OC1C. The van der Waals surface area contributed by atoms with Gasteiger partial charge in [0, 0.05) is 35.4 Å². The van der Waals surface area contributed by atoms with E-state index in [1.807, 2.05) is 13.8 Å². The van der Waals surface area contributed by atoms with E-state index >= 15 is 0 Å². The van der Waals surface area contributed by atoms with Gasteiger partial charge in [-0.1, -0.05) is 18.2 Å². The number of para-hydroxylation sites is 1. The summed E-state index contributed by atoms with van der Waals surface area (Å²) in [7, 11) is 0. The molecule has 7 nitrogen and oxygen atoms in total. The Hall–Kier alpha value is -4.21. The molecular formula is C29H26F3NO6. The van der Waals surface area contributed by atoms with Gasteiger partial charge in [-0.05, 0) is 61.7 Å². The number of phenolic OH excluding ortho intramolecular Hbond substituents is 1. The maximum Gasteiger partial charge on any atom is 0.471 e. The molecule has 0 radical (unpaired) electrons. The van der Waals surface area contributed by atoms with Crippen LogP contribution >= 0.6 is 0 Å². The normalized spacial score (nSPS) is 19.5. The third-order valence-corrected chi connectivity index (χ3v) is 6.96. The van der Waals surface area contributed by atoms with E-state index in [4.69, 9.17) is 14.2 Å². The molecule has 5 rings (SSSR count). The Morgan fingerprint density at radius 3 is 2.38 bits per heavy atom. The first-order valence-electron chi connectivity index (χ1n) is 12.3. The van der Waals surface area contributed by atoms with Crippen LogP contribution in [0.5, 0.6) is 17.2 Å². The lowest BCUT2D eigenvalue weighted by Gasteiger charge is -2.29. The topological polar surface area (TPSA) is 85.3 Å². The fourth-order valence-corrected chi connectivity index (χ4v) is 5.44. The lowest BCUT2D eigenvalue weighted by atomic mass is 9.92. The zero-order valence-corrected chi connectivity index (χ0v) is 21.6. The zero-order valence-electron chi connectivity index (χ0n) is 21.6. The molecule has 0 spiro atoms. The maximum absolute atomic E-state index is 13.9. The minimum Gasteiger partial charge on any atom is -0.508 e. The number of amides is 1. The number of aryl methyl sites for hydroxylation is 2. The first kappa shape index (κ1) is 26.4. The van der Waals surface area contributed by atoms with Gasteiger partial charge in [-0.15, -0.1) is 0 Å². The number of ether oxygens (including phenoxy) is 3. The molecule has 0 saturated carbocycles. The van der Waals surface area contributed by atoms with Gasteiger partial charge in [0.05, 0.1) is 6.04 Å². The second-order valence-corrected chi connectivity index (χ2v) is 9.75. The van der Waals surface area contributed by atoms with Crippen molar-refractivity contribution in [3.8, 4) is 28.4 Å². The number of fused-ring (bicyclic) bond motifs is 2. The molecule has 204 valence electrons.